The molecular formula is C12H15F3N2. The van der Waals surface area contributed by atoms with Crippen LogP contribution in [0.15, 0.2) is 12.1 Å². The molecule has 0 aromatic carbocycles. The standard InChI is InChI=1S/C12H15F3N2/c1-9-10(12(13,14)15)5-6-11(16-9)17-7-3-2-4-8-17/h5-6H,2-4,7-8H2,1H3. The number of halogens is 3. The molecule has 5 heteroatoms. The molecule has 0 spiro atoms. The van der Waals surface area contributed by atoms with E-state index in [2.05, 4.69) is 9.88 Å². The molecule has 17 heavy (non-hydrogen) atoms. The summed E-state index contributed by atoms with van der Waals surface area (Å²) in [5.74, 6) is 0.662. The van der Waals surface area contributed by atoms with Gasteiger partial charge in [0.05, 0.1) is 11.3 Å². The zero-order valence-corrected chi connectivity index (χ0v) is 9.72. The Bertz CT molecular complexity index is 395. The van der Waals surface area contributed by atoms with Crippen LogP contribution in [0.5, 0.6) is 0 Å². The molecule has 1 aliphatic heterocycles. The Morgan fingerprint density at radius 2 is 1.76 bits per heavy atom. The highest BCUT2D eigenvalue weighted by atomic mass is 19.4. The van der Waals surface area contributed by atoms with Gasteiger partial charge in [-0.25, -0.2) is 4.98 Å². The highest BCUT2D eigenvalue weighted by Crippen LogP contribution is 2.32. The third-order valence-electron chi connectivity index (χ3n) is 3.06. The number of alkyl halides is 3. The van der Waals surface area contributed by atoms with Gasteiger partial charge in [0.1, 0.15) is 5.82 Å². The topological polar surface area (TPSA) is 16.1 Å². The summed E-state index contributed by atoms with van der Waals surface area (Å²) in [4.78, 5) is 6.12. The Kier molecular flexibility index (Phi) is 3.26. The minimum Gasteiger partial charge on any atom is -0.357 e. The third kappa shape index (κ3) is 2.70. The Morgan fingerprint density at radius 3 is 2.29 bits per heavy atom. The number of hydrogen-bond acceptors (Lipinski definition) is 2. The second kappa shape index (κ2) is 4.55. The molecule has 0 radical (unpaired) electrons. The first-order valence-corrected chi connectivity index (χ1v) is 5.78. The van der Waals surface area contributed by atoms with Crippen molar-refractivity contribution in [3.8, 4) is 0 Å². The van der Waals surface area contributed by atoms with E-state index in [1.165, 1.54) is 19.4 Å². The van der Waals surface area contributed by atoms with Crippen molar-refractivity contribution in [3.63, 3.8) is 0 Å². The third-order valence-corrected chi connectivity index (χ3v) is 3.06. The summed E-state index contributed by atoms with van der Waals surface area (Å²) >= 11 is 0. The van der Waals surface area contributed by atoms with Crippen molar-refractivity contribution in [2.45, 2.75) is 32.4 Å². The van der Waals surface area contributed by atoms with Crippen LogP contribution in [0.1, 0.15) is 30.5 Å². The van der Waals surface area contributed by atoms with Crippen LogP contribution < -0.4 is 4.90 Å². The molecule has 1 aromatic heterocycles. The van der Waals surface area contributed by atoms with Crippen LogP contribution >= 0.6 is 0 Å². The first-order valence-electron chi connectivity index (χ1n) is 5.78. The van der Waals surface area contributed by atoms with Crippen LogP contribution in [-0.4, -0.2) is 18.1 Å². The fraction of sp³-hybridized carbons (Fsp3) is 0.583. The van der Waals surface area contributed by atoms with E-state index in [0.29, 0.717) is 5.82 Å². The van der Waals surface area contributed by atoms with Crippen LogP contribution in [0.2, 0.25) is 0 Å². The van der Waals surface area contributed by atoms with Gasteiger partial charge >= 0.3 is 6.18 Å². The largest absolute Gasteiger partial charge is 0.418 e. The molecule has 0 aliphatic carbocycles. The summed E-state index contributed by atoms with van der Waals surface area (Å²) in [6, 6.07) is 2.60. The normalized spacial score (nSPS) is 17.3. The lowest BCUT2D eigenvalue weighted by atomic mass is 10.1. The predicted molar refractivity (Wildman–Crippen MR) is 60.0 cm³/mol. The van der Waals surface area contributed by atoms with E-state index in [9.17, 15) is 13.2 Å². The van der Waals surface area contributed by atoms with Gasteiger partial charge in [-0.2, -0.15) is 13.2 Å². The second-order valence-electron chi connectivity index (χ2n) is 4.35. The van der Waals surface area contributed by atoms with Gasteiger partial charge in [-0.05, 0) is 38.3 Å². The average molecular weight is 244 g/mol. The van der Waals surface area contributed by atoms with Crippen molar-refractivity contribution in [2.75, 3.05) is 18.0 Å². The van der Waals surface area contributed by atoms with E-state index in [0.717, 1.165) is 32.0 Å². The molecule has 2 heterocycles. The SMILES string of the molecule is Cc1nc(N2CCCCC2)ccc1C(F)(F)F. The first kappa shape index (κ1) is 12.2. The maximum Gasteiger partial charge on any atom is 0.418 e. The van der Waals surface area contributed by atoms with Crippen LogP contribution in [0, 0.1) is 6.92 Å². The van der Waals surface area contributed by atoms with E-state index >= 15 is 0 Å². The molecule has 0 bridgehead atoms. The van der Waals surface area contributed by atoms with Crippen molar-refractivity contribution in [3.05, 3.63) is 23.4 Å². The van der Waals surface area contributed by atoms with Gasteiger partial charge in [-0.3, -0.25) is 0 Å². The molecular weight excluding hydrogens is 229 g/mol. The Balaban J connectivity index is 2.24. The smallest absolute Gasteiger partial charge is 0.357 e. The highest BCUT2D eigenvalue weighted by molar-refractivity contribution is 5.42. The second-order valence-corrected chi connectivity index (χ2v) is 4.35. The van der Waals surface area contributed by atoms with Crippen molar-refractivity contribution in [1.29, 1.82) is 0 Å². The number of piperidine rings is 1. The molecule has 94 valence electrons. The summed E-state index contributed by atoms with van der Waals surface area (Å²) in [7, 11) is 0. The number of aryl methyl sites for hydroxylation is 1. The molecule has 1 aromatic rings. The highest BCUT2D eigenvalue weighted by Gasteiger charge is 2.33. The van der Waals surface area contributed by atoms with Gasteiger partial charge in [0.15, 0.2) is 0 Å². The summed E-state index contributed by atoms with van der Waals surface area (Å²) in [6.45, 7) is 3.19. The van der Waals surface area contributed by atoms with E-state index in [4.69, 9.17) is 0 Å². The van der Waals surface area contributed by atoms with Crippen LogP contribution in [0.3, 0.4) is 0 Å². The quantitative estimate of drug-likeness (QED) is 0.752. The minimum absolute atomic E-state index is 0.0561. The van der Waals surface area contributed by atoms with Crippen LogP contribution in [0.4, 0.5) is 19.0 Å². The number of rotatable bonds is 1. The van der Waals surface area contributed by atoms with Crippen molar-refractivity contribution in [2.24, 2.45) is 0 Å². The van der Waals surface area contributed by atoms with Crippen LogP contribution in [0.25, 0.3) is 0 Å². The molecule has 0 atom stereocenters. The van der Waals surface area contributed by atoms with Gasteiger partial charge in [-0.15, -0.1) is 0 Å². The number of pyridine rings is 1. The lowest BCUT2D eigenvalue weighted by molar-refractivity contribution is -0.138. The number of nitrogens with zero attached hydrogens (tertiary/aromatic N) is 2. The zero-order chi connectivity index (χ0) is 12.5. The lowest BCUT2D eigenvalue weighted by Crippen LogP contribution is -2.30. The first-order chi connectivity index (χ1) is 7.98. The number of hydrogen-bond donors (Lipinski definition) is 0. The van der Waals surface area contributed by atoms with Gasteiger partial charge in [0.25, 0.3) is 0 Å². The Morgan fingerprint density at radius 1 is 1.12 bits per heavy atom. The van der Waals surface area contributed by atoms with Gasteiger partial charge in [-0.1, -0.05) is 0 Å². The van der Waals surface area contributed by atoms with E-state index in [1.54, 1.807) is 0 Å². The minimum atomic E-state index is -4.31. The molecule has 1 aliphatic rings. The summed E-state index contributed by atoms with van der Waals surface area (Å²) in [5, 5.41) is 0. The summed E-state index contributed by atoms with van der Waals surface area (Å²) < 4.78 is 37.7. The zero-order valence-electron chi connectivity index (χ0n) is 9.72. The number of aromatic nitrogens is 1. The Hall–Kier alpha value is -1.26. The van der Waals surface area contributed by atoms with Crippen molar-refractivity contribution in [1.82, 2.24) is 4.98 Å². The fourth-order valence-corrected chi connectivity index (χ4v) is 2.15. The maximum atomic E-state index is 12.6. The molecule has 0 saturated carbocycles. The van der Waals surface area contributed by atoms with E-state index in [-0.39, 0.29) is 5.69 Å². The average Bonchev–Trinajstić information content (AvgIpc) is 2.28. The van der Waals surface area contributed by atoms with Crippen molar-refractivity contribution < 1.29 is 13.2 Å². The van der Waals surface area contributed by atoms with Gasteiger partial charge < -0.3 is 4.90 Å². The lowest BCUT2D eigenvalue weighted by Gasteiger charge is -2.28. The molecule has 0 N–H and O–H groups in total. The van der Waals surface area contributed by atoms with E-state index in [1.807, 2.05) is 0 Å². The Labute approximate surface area is 98.5 Å². The predicted octanol–water partition coefficient (Wildman–Crippen LogP) is 3.40. The van der Waals surface area contributed by atoms with Crippen molar-refractivity contribution >= 4 is 5.82 Å². The van der Waals surface area contributed by atoms with Gasteiger partial charge in [0.2, 0.25) is 0 Å². The fourth-order valence-electron chi connectivity index (χ4n) is 2.15. The molecule has 1 saturated heterocycles. The van der Waals surface area contributed by atoms with Crippen LogP contribution in [-0.2, 0) is 6.18 Å². The number of anilines is 1. The molecule has 2 rings (SSSR count). The summed E-state index contributed by atoms with van der Waals surface area (Å²) in [5.41, 5.74) is -0.584. The summed E-state index contributed by atoms with van der Waals surface area (Å²) in [6.07, 6.45) is -0.947. The van der Waals surface area contributed by atoms with Gasteiger partial charge in [0, 0.05) is 13.1 Å². The maximum absolute atomic E-state index is 12.6. The molecule has 2 nitrogen and oxygen atoms in total. The van der Waals surface area contributed by atoms with E-state index < -0.39 is 11.7 Å². The molecule has 1 fully saturated rings. The monoisotopic (exact) mass is 244 g/mol. The molecule has 0 unspecified atom stereocenters. The molecule has 0 amide bonds.